The molecule has 2 heteroatoms. The highest BCUT2D eigenvalue weighted by molar-refractivity contribution is 8.76. The van der Waals surface area contributed by atoms with Gasteiger partial charge in [-0.15, -0.1) is 0 Å². The Bertz CT molecular complexity index is 1810. The molecule has 0 atom stereocenters. The van der Waals surface area contributed by atoms with Gasteiger partial charge in [0.1, 0.15) is 0 Å². The van der Waals surface area contributed by atoms with E-state index in [2.05, 4.69) is 113 Å². The van der Waals surface area contributed by atoms with Gasteiger partial charge in [-0.25, -0.2) is 0 Å². The fraction of sp³-hybridized carbons (Fsp3) is 0.364. The molecule has 0 radical (unpaired) electrons. The Morgan fingerprint density at radius 2 is 0.652 bits per heavy atom. The smallest absolute Gasteiger partial charge is 0.0267 e. The van der Waals surface area contributed by atoms with E-state index in [9.17, 15) is 0 Å². The first-order valence-electron chi connectivity index (χ1n) is 18.0. The zero-order valence-corrected chi connectivity index (χ0v) is 30.0. The predicted octanol–water partition coefficient (Wildman–Crippen LogP) is 14.5. The number of hydrogen-bond donors (Lipinski definition) is 0. The molecule has 0 nitrogen and oxygen atoms in total. The normalized spacial score (nSPS) is 11.8. The summed E-state index contributed by atoms with van der Waals surface area (Å²) >= 11 is 0. The molecule has 46 heavy (non-hydrogen) atoms. The Morgan fingerprint density at radius 1 is 0.348 bits per heavy atom. The van der Waals surface area contributed by atoms with Gasteiger partial charge in [-0.3, -0.25) is 0 Å². The molecule has 0 unspecified atom stereocenters. The molecule has 0 bridgehead atoms. The number of benzene rings is 6. The van der Waals surface area contributed by atoms with Crippen molar-refractivity contribution in [2.24, 2.45) is 0 Å². The molecule has 0 saturated heterocycles. The van der Waals surface area contributed by atoms with E-state index < -0.39 is 0 Å². The van der Waals surface area contributed by atoms with Crippen molar-refractivity contribution >= 4 is 64.7 Å². The van der Waals surface area contributed by atoms with Crippen LogP contribution in [0.2, 0.25) is 0 Å². The molecule has 0 fully saturated rings. The second-order valence-corrected chi connectivity index (χ2v) is 15.2. The van der Waals surface area contributed by atoms with Crippen molar-refractivity contribution in [1.29, 1.82) is 0 Å². The van der Waals surface area contributed by atoms with E-state index in [-0.39, 0.29) is 0 Å². The quantitative estimate of drug-likeness (QED) is 0.0807. The summed E-state index contributed by atoms with van der Waals surface area (Å²) in [6.07, 6.45) is 14.3. The molecule has 6 rings (SSSR count). The van der Waals surface area contributed by atoms with Crippen LogP contribution in [0.5, 0.6) is 0 Å². The first kappa shape index (κ1) is 33.0. The van der Waals surface area contributed by atoms with Crippen LogP contribution in [-0.4, -0.2) is 0 Å². The van der Waals surface area contributed by atoms with Crippen LogP contribution in [0.4, 0.5) is 0 Å². The lowest BCUT2D eigenvalue weighted by Crippen LogP contribution is -1.98. The van der Waals surface area contributed by atoms with Crippen LogP contribution < -0.4 is 0 Å². The molecule has 0 aliphatic heterocycles. The highest BCUT2D eigenvalue weighted by atomic mass is 33.1. The number of unbranched alkanes of at least 4 members (excludes halogenated alkanes) is 4. The zero-order valence-electron chi connectivity index (χ0n) is 28.4. The summed E-state index contributed by atoms with van der Waals surface area (Å²) in [6.45, 7) is 9.27. The number of aryl methyl sites for hydroxylation is 4. The van der Waals surface area contributed by atoms with Gasteiger partial charge < -0.3 is 0 Å². The molecule has 0 aromatic heterocycles. The maximum absolute atomic E-state index is 2.41. The zero-order chi connectivity index (χ0) is 31.9. The highest BCUT2D eigenvalue weighted by Crippen LogP contribution is 2.48. The third-order valence-electron chi connectivity index (χ3n) is 9.80. The van der Waals surface area contributed by atoms with Crippen LogP contribution in [0.15, 0.2) is 94.7 Å². The second kappa shape index (κ2) is 15.8. The van der Waals surface area contributed by atoms with Gasteiger partial charge in [-0.2, -0.15) is 0 Å². The maximum atomic E-state index is 2.41. The minimum Gasteiger partial charge on any atom is -0.0654 e. The average molecular weight is 643 g/mol. The molecule has 0 spiro atoms. The summed E-state index contributed by atoms with van der Waals surface area (Å²) in [4.78, 5) is 2.83. The van der Waals surface area contributed by atoms with Crippen molar-refractivity contribution in [2.75, 3.05) is 0 Å². The largest absolute Gasteiger partial charge is 0.0654 e. The summed E-state index contributed by atoms with van der Waals surface area (Å²) in [5.74, 6) is 0. The second-order valence-electron chi connectivity index (χ2n) is 12.9. The van der Waals surface area contributed by atoms with Gasteiger partial charge in [0.25, 0.3) is 0 Å². The first-order chi connectivity index (χ1) is 22.7. The van der Waals surface area contributed by atoms with Crippen molar-refractivity contribution in [3.05, 3.63) is 107 Å². The average Bonchev–Trinajstić information content (AvgIpc) is 3.10. The molecule has 0 N–H and O–H groups in total. The first-order valence-corrected chi connectivity index (χ1v) is 20.1. The summed E-state index contributed by atoms with van der Waals surface area (Å²) < 4.78 is 0. The number of fused-ring (bicyclic) bond motifs is 4. The standard InChI is InChI=1S/C44H50S2/c1-5-9-19-33-31-23-13-15-25-35(31)37(21-11-7-3)43-39(33)27-17-29-41(43)45-46-42-30-18-28-40-34(20-10-6-2)32-24-14-16-26-36(32)38(44(40)42)22-12-8-4/h13-18,23-30H,5-12,19-22H2,1-4H3. The van der Waals surface area contributed by atoms with Crippen molar-refractivity contribution < 1.29 is 0 Å². The molecular formula is C44H50S2. The van der Waals surface area contributed by atoms with E-state index in [1.54, 1.807) is 22.3 Å². The van der Waals surface area contributed by atoms with Crippen LogP contribution >= 0.6 is 21.6 Å². The van der Waals surface area contributed by atoms with Gasteiger partial charge in [0.05, 0.1) is 0 Å². The van der Waals surface area contributed by atoms with Crippen LogP contribution in [-0.2, 0) is 25.7 Å². The van der Waals surface area contributed by atoms with E-state index in [1.165, 1.54) is 104 Å². The monoisotopic (exact) mass is 642 g/mol. The minimum atomic E-state index is 1.13. The molecule has 0 heterocycles. The van der Waals surface area contributed by atoms with E-state index in [0.717, 1.165) is 25.7 Å². The third kappa shape index (κ3) is 6.58. The topological polar surface area (TPSA) is 0 Å². The third-order valence-corrected chi connectivity index (χ3v) is 12.3. The van der Waals surface area contributed by atoms with E-state index >= 15 is 0 Å². The highest BCUT2D eigenvalue weighted by Gasteiger charge is 2.19. The molecule has 6 aromatic carbocycles. The molecule has 0 amide bonds. The Labute approximate surface area is 285 Å². The van der Waals surface area contributed by atoms with E-state index in [0.29, 0.717) is 0 Å². The summed E-state index contributed by atoms with van der Waals surface area (Å²) in [6, 6.07) is 32.7. The van der Waals surface area contributed by atoms with Crippen molar-refractivity contribution in [3.63, 3.8) is 0 Å². The number of hydrogen-bond acceptors (Lipinski definition) is 2. The molecular weight excluding hydrogens is 593 g/mol. The van der Waals surface area contributed by atoms with Gasteiger partial charge in [0, 0.05) is 20.6 Å². The summed E-state index contributed by atoms with van der Waals surface area (Å²) in [5.41, 5.74) is 6.18. The molecule has 0 aliphatic carbocycles. The van der Waals surface area contributed by atoms with Gasteiger partial charge in [-0.1, -0.05) is 148 Å². The van der Waals surface area contributed by atoms with Crippen LogP contribution in [0, 0.1) is 0 Å². The Morgan fingerprint density at radius 3 is 1.00 bits per heavy atom. The SMILES string of the molecule is CCCCc1c2ccccc2c(CCCC)c2c(SSc3cccc4c(CCCC)c5ccccc5c(CCCC)c34)cccc12. The lowest BCUT2D eigenvalue weighted by molar-refractivity contribution is 0.797. The van der Waals surface area contributed by atoms with Crippen LogP contribution in [0.3, 0.4) is 0 Å². The number of rotatable bonds is 15. The van der Waals surface area contributed by atoms with E-state index in [4.69, 9.17) is 0 Å². The van der Waals surface area contributed by atoms with Crippen molar-refractivity contribution in [2.45, 2.75) is 115 Å². The lowest BCUT2D eigenvalue weighted by atomic mass is 9.87. The predicted molar refractivity (Wildman–Crippen MR) is 209 cm³/mol. The lowest BCUT2D eigenvalue weighted by Gasteiger charge is -2.20. The fourth-order valence-electron chi connectivity index (χ4n) is 7.47. The van der Waals surface area contributed by atoms with Gasteiger partial charge >= 0.3 is 0 Å². The Kier molecular flexibility index (Phi) is 11.3. The van der Waals surface area contributed by atoms with Gasteiger partial charge in [0.15, 0.2) is 0 Å². The van der Waals surface area contributed by atoms with Crippen molar-refractivity contribution in [3.8, 4) is 0 Å². The maximum Gasteiger partial charge on any atom is 0.0267 e. The van der Waals surface area contributed by atoms with Gasteiger partial charge in [-0.05, 0) is 118 Å². The van der Waals surface area contributed by atoms with Crippen LogP contribution in [0.1, 0.15) is 101 Å². The van der Waals surface area contributed by atoms with Crippen LogP contribution in [0.25, 0.3) is 43.1 Å². The molecule has 0 saturated carbocycles. The molecule has 6 aromatic rings. The Hall–Kier alpha value is -2.94. The summed E-state index contributed by atoms with van der Waals surface area (Å²) in [7, 11) is 3.97. The molecule has 238 valence electrons. The Balaban J connectivity index is 1.53. The van der Waals surface area contributed by atoms with Gasteiger partial charge in [0.2, 0.25) is 0 Å². The minimum absolute atomic E-state index is 1.13. The fourth-order valence-corrected chi connectivity index (χ4v) is 9.92. The summed E-state index contributed by atoms with van der Waals surface area (Å²) in [5, 5.41) is 11.8. The van der Waals surface area contributed by atoms with Crippen molar-refractivity contribution in [1.82, 2.24) is 0 Å². The van der Waals surface area contributed by atoms with E-state index in [1.807, 2.05) is 21.6 Å². The molecule has 0 aliphatic rings.